The van der Waals surface area contributed by atoms with E-state index in [1.807, 2.05) is 45.9 Å². The van der Waals surface area contributed by atoms with Crippen LogP contribution in [0.1, 0.15) is 27.7 Å². The van der Waals surface area contributed by atoms with Crippen LogP contribution in [0.4, 0.5) is 5.69 Å². The molecule has 1 aliphatic heterocycles. The third kappa shape index (κ3) is 2.41. The van der Waals surface area contributed by atoms with Gasteiger partial charge in [0.25, 0.3) is 0 Å². The van der Waals surface area contributed by atoms with E-state index < -0.39 is 4.75 Å². The van der Waals surface area contributed by atoms with Crippen LogP contribution in [-0.4, -0.2) is 16.8 Å². The average molecular weight is 251 g/mol. The van der Waals surface area contributed by atoms with E-state index in [-0.39, 0.29) is 12.0 Å². The first-order valence-corrected chi connectivity index (χ1v) is 6.52. The van der Waals surface area contributed by atoms with Gasteiger partial charge in [0.05, 0.1) is 16.5 Å². The third-order valence-electron chi connectivity index (χ3n) is 2.50. The van der Waals surface area contributed by atoms with Crippen LogP contribution in [0.2, 0.25) is 0 Å². The molecule has 0 radical (unpaired) electrons. The number of amides is 1. The molecule has 92 valence electrons. The normalized spacial score (nSPS) is 17.6. The van der Waals surface area contributed by atoms with Gasteiger partial charge in [-0.15, -0.1) is 11.8 Å². The topological polar surface area (TPSA) is 38.3 Å². The summed E-state index contributed by atoms with van der Waals surface area (Å²) in [5.41, 5.74) is 0.801. The van der Waals surface area contributed by atoms with Gasteiger partial charge in [0.2, 0.25) is 5.91 Å². The summed E-state index contributed by atoms with van der Waals surface area (Å²) in [5.74, 6) is 0.767. The molecule has 0 fully saturated rings. The summed E-state index contributed by atoms with van der Waals surface area (Å²) < 4.78 is 5.27. The first-order chi connectivity index (χ1) is 7.90. The summed E-state index contributed by atoms with van der Waals surface area (Å²) >= 11 is 1.57. The Morgan fingerprint density at radius 2 is 2.06 bits per heavy atom. The fourth-order valence-electron chi connectivity index (χ4n) is 1.66. The molecule has 1 amide bonds. The number of nitrogens with one attached hydrogen (secondary N) is 1. The van der Waals surface area contributed by atoms with E-state index in [0.29, 0.717) is 0 Å². The van der Waals surface area contributed by atoms with E-state index in [0.717, 1.165) is 16.3 Å². The molecule has 0 aliphatic carbocycles. The quantitative estimate of drug-likeness (QED) is 0.876. The van der Waals surface area contributed by atoms with Crippen LogP contribution >= 0.6 is 11.8 Å². The monoisotopic (exact) mass is 251 g/mol. The first kappa shape index (κ1) is 12.3. The molecule has 0 aromatic heterocycles. The van der Waals surface area contributed by atoms with Crippen molar-refractivity contribution in [3.63, 3.8) is 0 Å². The van der Waals surface area contributed by atoms with Crippen molar-refractivity contribution < 1.29 is 9.53 Å². The Morgan fingerprint density at radius 3 is 2.71 bits per heavy atom. The maximum atomic E-state index is 11.9. The molecule has 3 nitrogen and oxygen atoms in total. The standard InChI is InChI=1S/C13H17NO2S/c1-8(2)16-9-6-5-7-10-11(9)14-12(15)13(3,4)17-10/h5-8H,1-4H3,(H,14,15). The molecule has 2 rings (SSSR count). The SMILES string of the molecule is CC(C)Oc1cccc2c1NC(=O)C(C)(C)S2. The number of hydrogen-bond acceptors (Lipinski definition) is 3. The van der Waals surface area contributed by atoms with Gasteiger partial charge in [-0.25, -0.2) is 0 Å². The van der Waals surface area contributed by atoms with Crippen molar-refractivity contribution in [1.29, 1.82) is 0 Å². The van der Waals surface area contributed by atoms with Crippen molar-refractivity contribution in [3.05, 3.63) is 18.2 Å². The van der Waals surface area contributed by atoms with E-state index in [9.17, 15) is 4.79 Å². The average Bonchev–Trinajstić information content (AvgIpc) is 2.19. The Hall–Kier alpha value is -1.16. The summed E-state index contributed by atoms with van der Waals surface area (Å²) in [4.78, 5) is 13.0. The fraction of sp³-hybridized carbons (Fsp3) is 0.462. The van der Waals surface area contributed by atoms with Gasteiger partial charge >= 0.3 is 0 Å². The molecule has 4 heteroatoms. The summed E-state index contributed by atoms with van der Waals surface area (Å²) in [7, 11) is 0. The number of anilines is 1. The van der Waals surface area contributed by atoms with Crippen LogP contribution in [-0.2, 0) is 4.79 Å². The smallest absolute Gasteiger partial charge is 0.240 e. The third-order valence-corrected chi connectivity index (χ3v) is 3.76. The number of fused-ring (bicyclic) bond motifs is 1. The molecule has 1 aromatic rings. The van der Waals surface area contributed by atoms with E-state index in [1.54, 1.807) is 11.8 Å². The Morgan fingerprint density at radius 1 is 1.35 bits per heavy atom. The number of ether oxygens (including phenoxy) is 1. The Bertz CT molecular complexity index is 440. The van der Waals surface area contributed by atoms with Gasteiger partial charge in [-0.3, -0.25) is 4.79 Å². The lowest BCUT2D eigenvalue weighted by molar-refractivity contribution is -0.117. The van der Waals surface area contributed by atoms with Gasteiger partial charge < -0.3 is 10.1 Å². The molecule has 0 atom stereocenters. The molecular weight excluding hydrogens is 234 g/mol. The van der Waals surface area contributed by atoms with Crippen LogP contribution in [0.3, 0.4) is 0 Å². The molecule has 1 heterocycles. The molecule has 1 N–H and O–H groups in total. The van der Waals surface area contributed by atoms with E-state index in [2.05, 4.69) is 5.32 Å². The highest BCUT2D eigenvalue weighted by molar-refractivity contribution is 8.01. The Balaban J connectivity index is 2.40. The van der Waals surface area contributed by atoms with Crippen LogP contribution in [0.25, 0.3) is 0 Å². The van der Waals surface area contributed by atoms with Gasteiger partial charge in [-0.2, -0.15) is 0 Å². The predicted molar refractivity (Wildman–Crippen MR) is 70.8 cm³/mol. The zero-order chi connectivity index (χ0) is 12.6. The molecule has 0 bridgehead atoms. The van der Waals surface area contributed by atoms with Crippen molar-refractivity contribution in [2.24, 2.45) is 0 Å². The number of hydrogen-bond donors (Lipinski definition) is 1. The highest BCUT2D eigenvalue weighted by Gasteiger charge is 2.35. The maximum Gasteiger partial charge on any atom is 0.240 e. The van der Waals surface area contributed by atoms with Gasteiger partial charge in [0.15, 0.2) is 0 Å². The molecule has 0 unspecified atom stereocenters. The second kappa shape index (κ2) is 4.26. The minimum Gasteiger partial charge on any atom is -0.489 e. The molecule has 0 spiro atoms. The number of thioether (sulfide) groups is 1. The largest absolute Gasteiger partial charge is 0.489 e. The predicted octanol–water partition coefficient (Wildman–Crippen LogP) is 3.30. The highest BCUT2D eigenvalue weighted by atomic mass is 32.2. The number of carbonyl (C=O) groups excluding carboxylic acids is 1. The maximum absolute atomic E-state index is 11.9. The second-order valence-electron chi connectivity index (χ2n) is 4.86. The summed E-state index contributed by atoms with van der Waals surface area (Å²) in [6, 6.07) is 5.85. The van der Waals surface area contributed by atoms with Gasteiger partial charge in [0.1, 0.15) is 5.75 Å². The van der Waals surface area contributed by atoms with Crippen LogP contribution < -0.4 is 10.1 Å². The zero-order valence-corrected chi connectivity index (χ0v) is 11.4. The van der Waals surface area contributed by atoms with Crippen LogP contribution in [0.5, 0.6) is 5.75 Å². The number of rotatable bonds is 2. The van der Waals surface area contributed by atoms with Crippen LogP contribution in [0, 0.1) is 0 Å². The molecule has 17 heavy (non-hydrogen) atoms. The van der Waals surface area contributed by atoms with Crippen molar-refractivity contribution >= 4 is 23.4 Å². The van der Waals surface area contributed by atoms with E-state index in [4.69, 9.17) is 4.74 Å². The first-order valence-electron chi connectivity index (χ1n) is 5.70. The minimum atomic E-state index is -0.427. The van der Waals surface area contributed by atoms with E-state index >= 15 is 0 Å². The highest BCUT2D eigenvalue weighted by Crippen LogP contribution is 2.45. The van der Waals surface area contributed by atoms with Crippen molar-refractivity contribution in [3.8, 4) is 5.75 Å². The van der Waals surface area contributed by atoms with Crippen LogP contribution in [0.15, 0.2) is 23.1 Å². The summed E-state index contributed by atoms with van der Waals surface area (Å²) in [6.07, 6.45) is 0.0957. The van der Waals surface area contributed by atoms with Crippen molar-refractivity contribution in [2.45, 2.75) is 43.4 Å². The summed E-state index contributed by atoms with van der Waals surface area (Å²) in [5, 5.41) is 2.94. The number of carbonyl (C=O) groups is 1. The lowest BCUT2D eigenvalue weighted by Gasteiger charge is -2.31. The Kier molecular flexibility index (Phi) is 3.08. The minimum absolute atomic E-state index is 0.0230. The lowest BCUT2D eigenvalue weighted by Crippen LogP contribution is -2.37. The number of para-hydroxylation sites is 1. The number of benzene rings is 1. The lowest BCUT2D eigenvalue weighted by atomic mass is 10.1. The molecule has 0 saturated heterocycles. The zero-order valence-electron chi connectivity index (χ0n) is 10.5. The molecule has 1 aliphatic rings. The van der Waals surface area contributed by atoms with Gasteiger partial charge in [-0.1, -0.05) is 6.07 Å². The van der Waals surface area contributed by atoms with Crippen molar-refractivity contribution in [1.82, 2.24) is 0 Å². The second-order valence-corrected chi connectivity index (χ2v) is 6.53. The fourth-order valence-corrected chi connectivity index (χ4v) is 2.75. The molecule has 1 aromatic carbocycles. The Labute approximate surface area is 106 Å². The van der Waals surface area contributed by atoms with Gasteiger partial charge in [0, 0.05) is 4.90 Å². The van der Waals surface area contributed by atoms with E-state index in [1.165, 1.54) is 0 Å². The molecule has 0 saturated carbocycles. The van der Waals surface area contributed by atoms with Gasteiger partial charge in [-0.05, 0) is 39.8 Å². The molecular formula is C13H17NO2S. The summed E-state index contributed by atoms with van der Waals surface area (Å²) in [6.45, 7) is 7.79. The van der Waals surface area contributed by atoms with Crippen molar-refractivity contribution in [2.75, 3.05) is 5.32 Å².